The Morgan fingerprint density at radius 1 is 1.27 bits per heavy atom. The molecule has 3 rings (SSSR count). The molecule has 0 spiro atoms. The maximum Gasteiger partial charge on any atom is 0.244 e. The van der Waals surface area contributed by atoms with E-state index in [2.05, 4.69) is 15.5 Å². The summed E-state index contributed by atoms with van der Waals surface area (Å²) in [5.41, 5.74) is 0. The first kappa shape index (κ1) is 18.9. The van der Waals surface area contributed by atoms with E-state index in [1.807, 2.05) is 6.92 Å². The molecule has 9 heteroatoms. The number of aromatic nitrogens is 2. The van der Waals surface area contributed by atoms with Crippen molar-refractivity contribution >= 4 is 32.4 Å². The van der Waals surface area contributed by atoms with Crippen molar-refractivity contribution in [1.82, 2.24) is 14.5 Å². The van der Waals surface area contributed by atoms with Gasteiger partial charge in [0.05, 0.1) is 4.90 Å². The molecule has 1 aliphatic heterocycles. The molecule has 2 heterocycles. The highest BCUT2D eigenvalue weighted by Gasteiger charge is 2.37. The lowest BCUT2D eigenvalue weighted by molar-refractivity contribution is -0.120. The minimum absolute atomic E-state index is 0.209. The summed E-state index contributed by atoms with van der Waals surface area (Å²) >= 11 is 1.33. The zero-order valence-corrected chi connectivity index (χ0v) is 16.2. The van der Waals surface area contributed by atoms with Crippen molar-refractivity contribution in [3.63, 3.8) is 0 Å². The summed E-state index contributed by atoms with van der Waals surface area (Å²) in [6.45, 7) is 2.39. The topological polar surface area (TPSA) is 92.3 Å². The molecule has 1 aliphatic rings. The minimum Gasteiger partial charge on any atom is -0.299 e. The molecule has 1 fully saturated rings. The molecule has 1 N–H and O–H groups in total. The zero-order valence-electron chi connectivity index (χ0n) is 14.6. The number of amides is 1. The van der Waals surface area contributed by atoms with Gasteiger partial charge in [-0.15, -0.1) is 10.2 Å². The van der Waals surface area contributed by atoms with Crippen LogP contribution in [0.1, 0.15) is 37.6 Å². The number of benzene rings is 1. The van der Waals surface area contributed by atoms with E-state index in [-0.39, 0.29) is 10.8 Å². The predicted octanol–water partition coefficient (Wildman–Crippen LogP) is 2.67. The van der Waals surface area contributed by atoms with Gasteiger partial charge in [0, 0.05) is 13.0 Å². The Morgan fingerprint density at radius 3 is 2.77 bits per heavy atom. The highest BCUT2D eigenvalue weighted by molar-refractivity contribution is 7.89. The molecule has 0 aliphatic carbocycles. The van der Waals surface area contributed by atoms with Gasteiger partial charge in [-0.3, -0.25) is 10.1 Å². The number of carbonyl (C=O) groups excluding carboxylic acids is 1. The summed E-state index contributed by atoms with van der Waals surface area (Å²) in [5.74, 6) is -0.344. The summed E-state index contributed by atoms with van der Waals surface area (Å²) < 4.78 is 27.2. The van der Waals surface area contributed by atoms with Gasteiger partial charge in [0.15, 0.2) is 0 Å². The maximum atomic E-state index is 13.0. The van der Waals surface area contributed by atoms with Crippen LogP contribution in [0.5, 0.6) is 0 Å². The number of aryl methyl sites for hydroxylation is 1. The van der Waals surface area contributed by atoms with Crippen LogP contribution in [0.4, 0.5) is 5.13 Å². The van der Waals surface area contributed by atoms with Gasteiger partial charge in [-0.1, -0.05) is 42.9 Å². The lowest BCUT2D eigenvalue weighted by Crippen LogP contribution is -2.49. The van der Waals surface area contributed by atoms with E-state index in [4.69, 9.17) is 0 Å². The first-order valence-corrected chi connectivity index (χ1v) is 11.0. The molecule has 1 saturated heterocycles. The van der Waals surface area contributed by atoms with Crippen LogP contribution in [0.3, 0.4) is 0 Å². The number of sulfonamides is 1. The number of nitrogens with one attached hydrogen (secondary N) is 1. The molecular weight excluding hydrogens is 372 g/mol. The summed E-state index contributed by atoms with van der Waals surface area (Å²) in [6.07, 6.45) is 3.82. The Hall–Kier alpha value is -1.84. The molecule has 1 unspecified atom stereocenters. The predicted molar refractivity (Wildman–Crippen MR) is 101 cm³/mol. The van der Waals surface area contributed by atoms with Gasteiger partial charge < -0.3 is 0 Å². The second-order valence-electron chi connectivity index (χ2n) is 6.18. The number of hydrogen-bond acceptors (Lipinski definition) is 6. The third kappa shape index (κ3) is 4.11. The number of hydrogen-bond donors (Lipinski definition) is 1. The number of anilines is 1. The van der Waals surface area contributed by atoms with Crippen LogP contribution in [0.25, 0.3) is 0 Å². The molecule has 2 aromatic rings. The van der Waals surface area contributed by atoms with E-state index in [9.17, 15) is 13.2 Å². The standard InChI is InChI=1S/C17H22N4O3S2/c1-2-8-15-19-20-17(25-15)18-16(22)14-11-6-7-12-21(14)26(23,24)13-9-4-3-5-10-13/h3-5,9-10,14H,2,6-8,11-12H2,1H3,(H,18,20,22). The fourth-order valence-corrected chi connectivity index (χ4v) is 5.51. The third-order valence-corrected chi connectivity index (χ3v) is 7.09. The lowest BCUT2D eigenvalue weighted by atomic mass is 10.0. The maximum absolute atomic E-state index is 13.0. The fraction of sp³-hybridized carbons (Fsp3) is 0.471. The molecule has 0 radical (unpaired) electrons. The van der Waals surface area contributed by atoms with Crippen LogP contribution in [-0.2, 0) is 21.2 Å². The summed E-state index contributed by atoms with van der Waals surface area (Å²) in [7, 11) is -3.71. The van der Waals surface area contributed by atoms with Crippen molar-refractivity contribution in [1.29, 1.82) is 0 Å². The van der Waals surface area contributed by atoms with E-state index in [0.717, 1.165) is 30.7 Å². The zero-order chi connectivity index (χ0) is 18.6. The van der Waals surface area contributed by atoms with Gasteiger partial charge in [-0.25, -0.2) is 8.42 Å². The molecular formula is C17H22N4O3S2. The number of carbonyl (C=O) groups is 1. The Morgan fingerprint density at radius 2 is 2.04 bits per heavy atom. The van der Waals surface area contributed by atoms with E-state index in [1.54, 1.807) is 30.3 Å². The van der Waals surface area contributed by atoms with Crippen LogP contribution in [0.2, 0.25) is 0 Å². The van der Waals surface area contributed by atoms with Crippen molar-refractivity contribution < 1.29 is 13.2 Å². The van der Waals surface area contributed by atoms with Crippen molar-refractivity contribution in [3.05, 3.63) is 35.3 Å². The molecule has 140 valence electrons. The fourth-order valence-electron chi connectivity index (χ4n) is 2.99. The summed E-state index contributed by atoms with van der Waals surface area (Å²) in [4.78, 5) is 13.0. The van der Waals surface area contributed by atoms with E-state index < -0.39 is 16.1 Å². The Balaban J connectivity index is 1.78. The van der Waals surface area contributed by atoms with Crippen LogP contribution in [0, 0.1) is 0 Å². The van der Waals surface area contributed by atoms with Gasteiger partial charge in [-0.05, 0) is 31.4 Å². The lowest BCUT2D eigenvalue weighted by Gasteiger charge is -2.33. The van der Waals surface area contributed by atoms with Crippen molar-refractivity contribution in [2.75, 3.05) is 11.9 Å². The van der Waals surface area contributed by atoms with Crippen molar-refractivity contribution in [3.8, 4) is 0 Å². The highest BCUT2D eigenvalue weighted by Crippen LogP contribution is 2.26. The average molecular weight is 395 g/mol. The first-order valence-electron chi connectivity index (χ1n) is 8.72. The Kier molecular flexibility index (Phi) is 6.00. The second-order valence-corrected chi connectivity index (χ2v) is 9.13. The largest absolute Gasteiger partial charge is 0.299 e. The van der Waals surface area contributed by atoms with Gasteiger partial charge in [-0.2, -0.15) is 4.31 Å². The number of rotatable bonds is 6. The first-order chi connectivity index (χ1) is 12.5. The molecule has 1 aromatic carbocycles. The van der Waals surface area contributed by atoms with Gasteiger partial charge in [0.25, 0.3) is 0 Å². The molecule has 1 atom stereocenters. The molecule has 26 heavy (non-hydrogen) atoms. The summed E-state index contributed by atoms with van der Waals surface area (Å²) in [5, 5.41) is 12.0. The van der Waals surface area contributed by atoms with Crippen LogP contribution < -0.4 is 5.32 Å². The monoisotopic (exact) mass is 394 g/mol. The molecule has 1 aromatic heterocycles. The van der Waals surface area contributed by atoms with Crippen LogP contribution in [-0.4, -0.2) is 41.4 Å². The van der Waals surface area contributed by atoms with E-state index in [0.29, 0.717) is 18.1 Å². The summed E-state index contributed by atoms with van der Waals surface area (Å²) in [6, 6.07) is 7.52. The molecule has 1 amide bonds. The van der Waals surface area contributed by atoms with E-state index >= 15 is 0 Å². The highest BCUT2D eigenvalue weighted by atomic mass is 32.2. The SMILES string of the molecule is CCCc1nnc(NC(=O)C2CCCCN2S(=O)(=O)c2ccccc2)s1. The van der Waals surface area contributed by atoms with Crippen molar-refractivity contribution in [2.24, 2.45) is 0 Å². The number of piperidine rings is 1. The normalized spacial score (nSPS) is 18.6. The van der Waals surface area contributed by atoms with Crippen LogP contribution >= 0.6 is 11.3 Å². The van der Waals surface area contributed by atoms with Gasteiger partial charge in [0.2, 0.25) is 21.1 Å². The number of nitrogens with zero attached hydrogens (tertiary/aromatic N) is 3. The van der Waals surface area contributed by atoms with Crippen molar-refractivity contribution in [2.45, 2.75) is 50.0 Å². The molecule has 0 bridgehead atoms. The molecule has 0 saturated carbocycles. The Labute approximate surface area is 157 Å². The van der Waals surface area contributed by atoms with Gasteiger partial charge in [0.1, 0.15) is 11.0 Å². The average Bonchev–Trinajstić information content (AvgIpc) is 3.09. The minimum atomic E-state index is -3.71. The second kappa shape index (κ2) is 8.24. The molecule has 7 nitrogen and oxygen atoms in total. The van der Waals surface area contributed by atoms with Crippen LogP contribution in [0.15, 0.2) is 35.2 Å². The van der Waals surface area contributed by atoms with Gasteiger partial charge >= 0.3 is 0 Å². The van der Waals surface area contributed by atoms with E-state index in [1.165, 1.54) is 15.6 Å². The quantitative estimate of drug-likeness (QED) is 0.813. The smallest absolute Gasteiger partial charge is 0.244 e. The Bertz CT molecular complexity index is 852. The third-order valence-electron chi connectivity index (χ3n) is 4.27.